The molecule has 21 heavy (non-hydrogen) atoms. The summed E-state index contributed by atoms with van der Waals surface area (Å²) in [5.41, 5.74) is -0.255. The van der Waals surface area contributed by atoms with Crippen molar-refractivity contribution in [3.05, 3.63) is 45.1 Å². The Bertz CT molecular complexity index is 622. The molecule has 0 saturated heterocycles. The molecule has 8 heteroatoms. The second kappa shape index (κ2) is 7.87. The molecule has 1 aromatic rings. The van der Waals surface area contributed by atoms with Crippen molar-refractivity contribution < 1.29 is 9.72 Å². The first kappa shape index (κ1) is 16.5. The van der Waals surface area contributed by atoms with E-state index in [1.807, 2.05) is 6.92 Å². The number of nitrogens with zero attached hydrogens (tertiary/aromatic N) is 2. The van der Waals surface area contributed by atoms with Gasteiger partial charge in [-0.25, -0.2) is 0 Å². The number of carbonyl (C=O) groups excluding carboxylic acids is 1. The third-order valence-corrected chi connectivity index (χ3v) is 2.73. The third kappa shape index (κ3) is 4.78. The number of nitro groups is 1. The summed E-state index contributed by atoms with van der Waals surface area (Å²) >= 11 is 5.67. The predicted octanol–water partition coefficient (Wildman–Crippen LogP) is 2.59. The molecule has 0 atom stereocenters. The van der Waals surface area contributed by atoms with Crippen molar-refractivity contribution in [1.29, 1.82) is 5.26 Å². The molecule has 0 aromatic heterocycles. The number of benzene rings is 1. The molecule has 0 saturated carbocycles. The van der Waals surface area contributed by atoms with Gasteiger partial charge in [-0.1, -0.05) is 18.5 Å². The number of nitrogens with one attached hydrogen (secondary N) is 2. The molecule has 0 aliphatic carbocycles. The number of hydrogen-bond donors (Lipinski definition) is 2. The zero-order valence-corrected chi connectivity index (χ0v) is 12.0. The molecule has 2 N–H and O–H groups in total. The Hall–Kier alpha value is -2.59. The molecule has 0 fully saturated rings. The van der Waals surface area contributed by atoms with E-state index >= 15 is 0 Å². The quantitative estimate of drug-likeness (QED) is 0.276. The van der Waals surface area contributed by atoms with E-state index in [-0.39, 0.29) is 22.0 Å². The maximum atomic E-state index is 11.9. The van der Waals surface area contributed by atoms with E-state index in [4.69, 9.17) is 16.9 Å². The van der Waals surface area contributed by atoms with Crippen LogP contribution in [-0.4, -0.2) is 17.4 Å². The standard InChI is InChI=1S/C13H13ClN4O3/c1-2-5-16-8-9(7-15)13(19)17-10-3-4-11(14)12(6-10)18(20)21/h3-4,6,8,16H,2,5H2,1H3,(H,17,19)/b9-8-. The van der Waals surface area contributed by atoms with E-state index in [0.717, 1.165) is 12.5 Å². The number of nitriles is 1. The maximum absolute atomic E-state index is 11.9. The maximum Gasteiger partial charge on any atom is 0.289 e. The number of amides is 1. The van der Waals surface area contributed by atoms with Crippen LogP contribution in [-0.2, 0) is 4.79 Å². The Labute approximate surface area is 126 Å². The largest absolute Gasteiger partial charge is 0.390 e. The van der Waals surface area contributed by atoms with Gasteiger partial charge in [-0.3, -0.25) is 14.9 Å². The van der Waals surface area contributed by atoms with Crippen molar-refractivity contribution in [2.45, 2.75) is 13.3 Å². The van der Waals surface area contributed by atoms with Gasteiger partial charge in [-0.15, -0.1) is 0 Å². The van der Waals surface area contributed by atoms with Gasteiger partial charge in [0.1, 0.15) is 16.7 Å². The average molecular weight is 309 g/mol. The van der Waals surface area contributed by atoms with Crippen molar-refractivity contribution in [2.24, 2.45) is 0 Å². The van der Waals surface area contributed by atoms with E-state index < -0.39 is 10.8 Å². The van der Waals surface area contributed by atoms with Crippen LogP contribution in [0.25, 0.3) is 0 Å². The SMILES string of the molecule is CCCN/C=C(/C#N)C(=O)Nc1ccc(Cl)c([N+](=O)[O-])c1. The zero-order valence-electron chi connectivity index (χ0n) is 11.2. The van der Waals surface area contributed by atoms with Crippen LogP contribution in [0.3, 0.4) is 0 Å². The lowest BCUT2D eigenvalue weighted by atomic mass is 10.2. The van der Waals surface area contributed by atoms with Crippen molar-refractivity contribution in [3.63, 3.8) is 0 Å². The molecule has 1 rings (SSSR count). The molecule has 0 aliphatic heterocycles. The highest BCUT2D eigenvalue weighted by Crippen LogP contribution is 2.27. The van der Waals surface area contributed by atoms with E-state index in [2.05, 4.69) is 10.6 Å². The summed E-state index contributed by atoms with van der Waals surface area (Å²) < 4.78 is 0. The molecule has 1 amide bonds. The van der Waals surface area contributed by atoms with Gasteiger partial charge in [0, 0.05) is 24.5 Å². The molecule has 7 nitrogen and oxygen atoms in total. The smallest absolute Gasteiger partial charge is 0.289 e. The molecular formula is C13H13ClN4O3. The number of carbonyl (C=O) groups is 1. The Morgan fingerprint density at radius 2 is 2.29 bits per heavy atom. The average Bonchev–Trinajstić information content (AvgIpc) is 2.45. The van der Waals surface area contributed by atoms with Gasteiger partial charge in [-0.2, -0.15) is 5.26 Å². The summed E-state index contributed by atoms with van der Waals surface area (Å²) in [5, 5.41) is 24.9. The monoisotopic (exact) mass is 308 g/mol. The minimum atomic E-state index is -0.655. The molecule has 0 heterocycles. The second-order valence-corrected chi connectivity index (χ2v) is 4.41. The molecule has 0 bridgehead atoms. The summed E-state index contributed by atoms with van der Waals surface area (Å²) in [7, 11) is 0. The van der Waals surface area contributed by atoms with Crippen molar-refractivity contribution in [1.82, 2.24) is 5.32 Å². The summed E-state index contributed by atoms with van der Waals surface area (Å²) in [4.78, 5) is 22.0. The summed E-state index contributed by atoms with van der Waals surface area (Å²) in [6, 6.07) is 5.61. The Balaban J connectivity index is 2.88. The van der Waals surface area contributed by atoms with Crippen LogP contribution in [0.15, 0.2) is 30.0 Å². The normalized spacial score (nSPS) is 10.6. The van der Waals surface area contributed by atoms with E-state index in [0.29, 0.717) is 6.54 Å². The van der Waals surface area contributed by atoms with E-state index in [1.165, 1.54) is 18.3 Å². The molecular weight excluding hydrogens is 296 g/mol. The summed E-state index contributed by atoms with van der Waals surface area (Å²) in [6.07, 6.45) is 2.16. The van der Waals surface area contributed by atoms with Gasteiger partial charge in [0.05, 0.1) is 4.92 Å². The topological polar surface area (TPSA) is 108 Å². The fourth-order valence-corrected chi connectivity index (χ4v) is 1.58. The fraction of sp³-hybridized carbons (Fsp3) is 0.231. The third-order valence-electron chi connectivity index (χ3n) is 2.41. The van der Waals surface area contributed by atoms with Crippen LogP contribution in [0.2, 0.25) is 5.02 Å². The highest BCUT2D eigenvalue weighted by atomic mass is 35.5. The highest BCUT2D eigenvalue weighted by Gasteiger charge is 2.15. The van der Waals surface area contributed by atoms with Gasteiger partial charge in [-0.05, 0) is 18.6 Å². The van der Waals surface area contributed by atoms with Gasteiger partial charge in [0.15, 0.2) is 0 Å². The molecule has 1 aromatic carbocycles. The Morgan fingerprint density at radius 3 is 2.86 bits per heavy atom. The molecule has 0 unspecified atom stereocenters. The lowest BCUT2D eigenvalue weighted by Gasteiger charge is -2.05. The van der Waals surface area contributed by atoms with Crippen molar-refractivity contribution in [2.75, 3.05) is 11.9 Å². The fourth-order valence-electron chi connectivity index (χ4n) is 1.40. The van der Waals surface area contributed by atoms with Crippen LogP contribution in [0.5, 0.6) is 0 Å². The second-order valence-electron chi connectivity index (χ2n) is 4.00. The predicted molar refractivity (Wildman–Crippen MR) is 78.7 cm³/mol. The molecule has 0 aliphatic rings. The summed E-state index contributed by atoms with van der Waals surface area (Å²) in [6.45, 7) is 2.57. The minimum Gasteiger partial charge on any atom is -0.390 e. The van der Waals surface area contributed by atoms with E-state index in [1.54, 1.807) is 6.07 Å². The number of nitro benzene ring substituents is 1. The van der Waals surface area contributed by atoms with E-state index in [9.17, 15) is 14.9 Å². The highest BCUT2D eigenvalue weighted by molar-refractivity contribution is 6.32. The van der Waals surface area contributed by atoms with Gasteiger partial charge < -0.3 is 10.6 Å². The molecule has 0 spiro atoms. The first-order valence-corrected chi connectivity index (χ1v) is 6.46. The van der Waals surface area contributed by atoms with Crippen LogP contribution >= 0.6 is 11.6 Å². The lowest BCUT2D eigenvalue weighted by molar-refractivity contribution is -0.384. The van der Waals surface area contributed by atoms with Gasteiger partial charge >= 0.3 is 0 Å². The Morgan fingerprint density at radius 1 is 1.57 bits per heavy atom. The van der Waals surface area contributed by atoms with Gasteiger partial charge in [0.2, 0.25) is 0 Å². The molecule has 110 valence electrons. The first-order chi connectivity index (χ1) is 9.99. The first-order valence-electron chi connectivity index (χ1n) is 6.08. The number of anilines is 1. The number of halogens is 1. The Kier molecular flexibility index (Phi) is 6.17. The van der Waals surface area contributed by atoms with Crippen LogP contribution in [0, 0.1) is 21.4 Å². The zero-order chi connectivity index (χ0) is 15.8. The molecule has 0 radical (unpaired) electrons. The van der Waals surface area contributed by atoms with Crippen molar-refractivity contribution in [3.8, 4) is 6.07 Å². The number of hydrogen-bond acceptors (Lipinski definition) is 5. The van der Waals surface area contributed by atoms with Gasteiger partial charge in [0.25, 0.3) is 11.6 Å². The summed E-state index contributed by atoms with van der Waals surface area (Å²) in [5.74, 6) is -0.655. The van der Waals surface area contributed by atoms with Crippen LogP contribution in [0.1, 0.15) is 13.3 Å². The van der Waals surface area contributed by atoms with Crippen LogP contribution < -0.4 is 10.6 Å². The van der Waals surface area contributed by atoms with Crippen LogP contribution in [0.4, 0.5) is 11.4 Å². The number of rotatable bonds is 6. The lowest BCUT2D eigenvalue weighted by Crippen LogP contribution is -2.17. The van der Waals surface area contributed by atoms with Crippen molar-refractivity contribution >= 4 is 28.9 Å². The minimum absolute atomic E-state index is 0.0290.